The van der Waals surface area contributed by atoms with Crippen molar-refractivity contribution in [1.82, 2.24) is 9.88 Å². The highest BCUT2D eigenvalue weighted by Crippen LogP contribution is 2.32. The van der Waals surface area contributed by atoms with Gasteiger partial charge in [-0.2, -0.15) is 0 Å². The van der Waals surface area contributed by atoms with E-state index >= 15 is 0 Å². The fourth-order valence-corrected chi connectivity index (χ4v) is 4.81. The first-order chi connectivity index (χ1) is 16.8. The third kappa shape index (κ3) is 5.96. The second-order valence-electron chi connectivity index (χ2n) is 9.34. The molecule has 0 radical (unpaired) electrons. The average Bonchev–Trinajstić information content (AvgIpc) is 2.82. The molecule has 2 aliphatic heterocycles. The van der Waals surface area contributed by atoms with Crippen LogP contribution in [0.25, 0.3) is 0 Å². The number of pyridine rings is 1. The molecule has 1 aromatic heterocycles. The van der Waals surface area contributed by atoms with Crippen molar-refractivity contribution in [1.29, 1.82) is 5.41 Å². The zero-order valence-electron chi connectivity index (χ0n) is 20.8. The highest BCUT2D eigenvalue weighted by atomic mass is 16.7. The van der Waals surface area contributed by atoms with Gasteiger partial charge in [-0.05, 0) is 62.6 Å². The number of rotatable bonds is 6. The summed E-state index contributed by atoms with van der Waals surface area (Å²) in [6.07, 6.45) is 1.42. The molecule has 0 unspecified atom stereocenters. The normalized spacial score (nSPS) is 16.9. The number of carbonyl (C=O) groups excluding carboxylic acids is 1. The Hall–Kier alpha value is -3.49. The number of benzene rings is 1. The lowest BCUT2D eigenvalue weighted by atomic mass is 9.91. The lowest BCUT2D eigenvalue weighted by molar-refractivity contribution is -0.0692. The number of guanidine groups is 1. The first-order valence-corrected chi connectivity index (χ1v) is 12.2. The predicted molar refractivity (Wildman–Crippen MR) is 134 cm³/mol. The molecule has 1 aromatic carbocycles. The Morgan fingerprint density at radius 2 is 1.83 bits per heavy atom. The second kappa shape index (κ2) is 10.4. The molecule has 0 saturated carbocycles. The SMILES string of the molecule is CCOC(=O)OC1(COc2ccc3c(c2)CN(C(=N)N)CC3)CCN(c2cc(C)nc(C)c2)CC1. The van der Waals surface area contributed by atoms with E-state index in [2.05, 4.69) is 28.1 Å². The molecule has 3 N–H and O–H groups in total. The summed E-state index contributed by atoms with van der Waals surface area (Å²) in [5.74, 6) is 0.791. The van der Waals surface area contributed by atoms with Crippen molar-refractivity contribution in [3.05, 3.63) is 52.8 Å². The number of fused-ring (bicyclic) bond motifs is 1. The van der Waals surface area contributed by atoms with Gasteiger partial charge in [-0.15, -0.1) is 0 Å². The first kappa shape index (κ1) is 24.6. The van der Waals surface area contributed by atoms with E-state index in [9.17, 15) is 4.79 Å². The van der Waals surface area contributed by atoms with E-state index in [1.165, 1.54) is 5.56 Å². The number of nitrogens with zero attached hydrogens (tertiary/aromatic N) is 3. The molecule has 2 aliphatic rings. The predicted octanol–water partition coefficient (Wildman–Crippen LogP) is 3.54. The molecule has 0 atom stereocenters. The Labute approximate surface area is 206 Å². The highest BCUT2D eigenvalue weighted by Gasteiger charge is 2.40. The van der Waals surface area contributed by atoms with Crippen LogP contribution in [-0.2, 0) is 22.4 Å². The van der Waals surface area contributed by atoms with Crippen LogP contribution < -0.4 is 15.4 Å². The number of aryl methyl sites for hydroxylation is 2. The van der Waals surface area contributed by atoms with E-state index in [1.807, 2.05) is 30.9 Å². The van der Waals surface area contributed by atoms with Crippen molar-refractivity contribution in [2.24, 2.45) is 5.73 Å². The van der Waals surface area contributed by atoms with Crippen LogP contribution in [0.1, 0.15) is 42.3 Å². The molecule has 188 valence electrons. The zero-order valence-corrected chi connectivity index (χ0v) is 20.8. The van der Waals surface area contributed by atoms with Crippen molar-refractivity contribution in [3.63, 3.8) is 0 Å². The first-order valence-electron chi connectivity index (χ1n) is 12.2. The van der Waals surface area contributed by atoms with E-state index in [0.717, 1.165) is 48.7 Å². The molecule has 0 spiro atoms. The number of hydrogen-bond donors (Lipinski definition) is 2. The maximum absolute atomic E-state index is 12.3. The molecule has 0 amide bonds. The highest BCUT2D eigenvalue weighted by molar-refractivity contribution is 5.75. The Bertz CT molecular complexity index is 1060. The third-order valence-electron chi connectivity index (χ3n) is 6.70. The fraction of sp³-hybridized carbons (Fsp3) is 0.500. The molecule has 0 aliphatic carbocycles. The molecule has 3 heterocycles. The number of ether oxygens (including phenoxy) is 3. The van der Waals surface area contributed by atoms with Crippen LogP contribution in [0.2, 0.25) is 0 Å². The molecule has 9 nitrogen and oxygen atoms in total. The Morgan fingerprint density at radius 3 is 2.49 bits per heavy atom. The summed E-state index contributed by atoms with van der Waals surface area (Å²) in [6, 6.07) is 10.2. The molecule has 4 rings (SSSR count). The quantitative estimate of drug-likeness (QED) is 0.366. The lowest BCUT2D eigenvalue weighted by Gasteiger charge is -2.41. The van der Waals surface area contributed by atoms with Crippen molar-refractivity contribution in [3.8, 4) is 5.75 Å². The second-order valence-corrected chi connectivity index (χ2v) is 9.34. The van der Waals surface area contributed by atoms with Gasteiger partial charge in [-0.1, -0.05) is 6.07 Å². The molecule has 2 aromatic rings. The summed E-state index contributed by atoms with van der Waals surface area (Å²) in [5, 5.41) is 7.73. The Kier molecular flexibility index (Phi) is 7.33. The monoisotopic (exact) mass is 481 g/mol. The van der Waals surface area contributed by atoms with Crippen LogP contribution >= 0.6 is 0 Å². The van der Waals surface area contributed by atoms with Gasteiger partial charge < -0.3 is 29.7 Å². The summed E-state index contributed by atoms with van der Waals surface area (Å²) in [4.78, 5) is 20.9. The Balaban J connectivity index is 1.46. The average molecular weight is 482 g/mol. The summed E-state index contributed by atoms with van der Waals surface area (Å²) in [5.41, 5.74) is 10.3. The van der Waals surface area contributed by atoms with E-state index in [-0.39, 0.29) is 19.2 Å². The van der Waals surface area contributed by atoms with E-state index in [4.69, 9.17) is 25.4 Å². The van der Waals surface area contributed by atoms with E-state index < -0.39 is 11.8 Å². The number of piperidine rings is 1. The van der Waals surface area contributed by atoms with Gasteiger partial charge >= 0.3 is 6.16 Å². The largest absolute Gasteiger partial charge is 0.508 e. The minimum Gasteiger partial charge on any atom is -0.489 e. The lowest BCUT2D eigenvalue weighted by Crippen LogP contribution is -2.51. The molecule has 0 bridgehead atoms. The van der Waals surface area contributed by atoms with Crippen molar-refractivity contribution < 1.29 is 19.0 Å². The standard InChI is InChI=1S/C26H35N5O4/c1-4-33-25(32)35-26(8-11-30(12-9-26)22-13-18(2)29-19(3)14-22)17-34-23-6-5-20-7-10-31(24(27)28)16-21(20)15-23/h5-6,13-15H,4,7-12,16-17H2,1-3H3,(H3,27,28). The summed E-state index contributed by atoms with van der Waals surface area (Å²) in [6.45, 7) is 9.04. The maximum atomic E-state index is 12.3. The van der Waals surface area contributed by atoms with Crippen LogP contribution in [0.5, 0.6) is 5.75 Å². The summed E-state index contributed by atoms with van der Waals surface area (Å²) in [7, 11) is 0. The van der Waals surface area contributed by atoms with Gasteiger partial charge in [0.05, 0.1) is 6.61 Å². The molecule has 1 fully saturated rings. The fourth-order valence-electron chi connectivity index (χ4n) is 4.81. The molecular formula is C26H35N5O4. The van der Waals surface area contributed by atoms with Crippen LogP contribution in [-0.4, -0.2) is 60.4 Å². The third-order valence-corrected chi connectivity index (χ3v) is 6.70. The van der Waals surface area contributed by atoms with Crippen LogP contribution in [0, 0.1) is 19.3 Å². The minimum absolute atomic E-state index is 0.0788. The van der Waals surface area contributed by atoms with Crippen molar-refractivity contribution >= 4 is 17.8 Å². The van der Waals surface area contributed by atoms with Crippen molar-refractivity contribution in [2.45, 2.75) is 52.2 Å². The Morgan fingerprint density at radius 1 is 1.11 bits per heavy atom. The van der Waals surface area contributed by atoms with Gasteiger partial charge in [-0.3, -0.25) is 10.4 Å². The smallest absolute Gasteiger partial charge is 0.489 e. The zero-order chi connectivity index (χ0) is 25.0. The number of nitrogens with one attached hydrogen (secondary N) is 1. The van der Waals surface area contributed by atoms with Gasteiger partial charge in [0.15, 0.2) is 11.6 Å². The molecule has 35 heavy (non-hydrogen) atoms. The number of aromatic nitrogens is 1. The molecule has 9 heteroatoms. The van der Waals surface area contributed by atoms with Gasteiger partial charge in [0.25, 0.3) is 0 Å². The number of nitrogens with two attached hydrogens (primary N) is 1. The molecular weight excluding hydrogens is 446 g/mol. The van der Waals surface area contributed by atoms with Crippen LogP contribution in [0.15, 0.2) is 30.3 Å². The number of anilines is 1. The minimum atomic E-state index is -0.777. The number of carbonyl (C=O) groups is 1. The molecule has 1 saturated heterocycles. The van der Waals surface area contributed by atoms with Crippen molar-refractivity contribution in [2.75, 3.05) is 37.7 Å². The topological polar surface area (TPSA) is 114 Å². The van der Waals surface area contributed by atoms with Gasteiger partial charge in [-0.25, -0.2) is 4.79 Å². The van der Waals surface area contributed by atoms with Crippen LogP contribution in [0.3, 0.4) is 0 Å². The maximum Gasteiger partial charge on any atom is 0.508 e. The van der Waals surface area contributed by atoms with Gasteiger partial charge in [0.1, 0.15) is 12.4 Å². The van der Waals surface area contributed by atoms with E-state index in [0.29, 0.717) is 25.1 Å². The summed E-state index contributed by atoms with van der Waals surface area (Å²) < 4.78 is 17.2. The van der Waals surface area contributed by atoms with Crippen LogP contribution in [0.4, 0.5) is 10.5 Å². The number of hydrogen-bond acceptors (Lipinski definition) is 7. The van der Waals surface area contributed by atoms with Gasteiger partial charge in [0, 0.05) is 56.1 Å². The van der Waals surface area contributed by atoms with Gasteiger partial charge in [0.2, 0.25) is 0 Å². The van der Waals surface area contributed by atoms with E-state index in [1.54, 1.807) is 6.92 Å². The summed E-state index contributed by atoms with van der Waals surface area (Å²) >= 11 is 0.